The van der Waals surface area contributed by atoms with Crippen molar-refractivity contribution < 1.29 is 48.3 Å². The predicted octanol–water partition coefficient (Wildman–Crippen LogP) is 4.45. The summed E-state index contributed by atoms with van der Waals surface area (Å²) in [6.07, 6.45) is -3.59. The molecule has 1 fully saturated rings. The van der Waals surface area contributed by atoms with Crippen LogP contribution in [0, 0.1) is 6.92 Å². The number of rotatable bonds is 10. The number of ether oxygens (including phenoxy) is 4. The fourth-order valence-electron chi connectivity index (χ4n) is 5.43. The van der Waals surface area contributed by atoms with E-state index in [4.69, 9.17) is 23.4 Å². The van der Waals surface area contributed by atoms with Crippen molar-refractivity contribution in [1.29, 1.82) is 0 Å². The van der Waals surface area contributed by atoms with Gasteiger partial charge in [-0.05, 0) is 83.9 Å². The standard InChI is InChI=1S/C34H41NO11/c1-8-35-33(41)45-29-27(39)32(46-34(5,6)30(29)42-7)43-25-14-12-21-26(38)22(31(40)44-28(21)18(25)4)16-24(37)20-11-13-23(36)19(15-20)10-9-17(2)3/h9,11-15,27,29-30,32,36,38-39H,8,10,16H2,1-7H3,(H,35,41)/t27-,29+,30-,32-/m1/s1. The van der Waals surface area contributed by atoms with E-state index in [1.54, 1.807) is 33.8 Å². The van der Waals surface area contributed by atoms with Gasteiger partial charge in [0, 0.05) is 31.2 Å². The van der Waals surface area contributed by atoms with Crippen LogP contribution in [0.2, 0.25) is 0 Å². The summed E-state index contributed by atoms with van der Waals surface area (Å²) in [6, 6.07) is 7.41. The molecule has 4 atom stereocenters. The second-order valence-corrected chi connectivity index (χ2v) is 12.0. The molecule has 1 aliphatic heterocycles. The molecule has 2 heterocycles. The highest BCUT2D eigenvalue weighted by Crippen LogP contribution is 2.38. The van der Waals surface area contributed by atoms with Gasteiger partial charge in [-0.2, -0.15) is 0 Å². The largest absolute Gasteiger partial charge is 0.508 e. The Kier molecular flexibility index (Phi) is 10.4. The first kappa shape index (κ1) is 34.5. The molecular formula is C34H41NO11. The third-order valence-corrected chi connectivity index (χ3v) is 7.89. The number of allylic oxidation sites excluding steroid dienone is 2. The Balaban J connectivity index is 1.62. The molecule has 0 unspecified atom stereocenters. The van der Waals surface area contributed by atoms with Gasteiger partial charge >= 0.3 is 11.7 Å². The zero-order valence-electron chi connectivity index (χ0n) is 27.0. The zero-order chi connectivity index (χ0) is 33.9. The molecule has 0 aliphatic carbocycles. The summed E-state index contributed by atoms with van der Waals surface area (Å²) in [4.78, 5) is 38.5. The summed E-state index contributed by atoms with van der Waals surface area (Å²) in [7, 11) is 1.41. The molecule has 1 aromatic heterocycles. The number of amides is 1. The van der Waals surface area contributed by atoms with Gasteiger partial charge in [0.25, 0.3) is 0 Å². The van der Waals surface area contributed by atoms with Gasteiger partial charge in [0.05, 0.1) is 16.6 Å². The number of phenols is 1. The van der Waals surface area contributed by atoms with Crippen LogP contribution in [0.3, 0.4) is 0 Å². The van der Waals surface area contributed by atoms with Gasteiger partial charge < -0.3 is 44.0 Å². The van der Waals surface area contributed by atoms with Crippen LogP contribution < -0.4 is 15.7 Å². The number of Topliss-reactive ketones (excluding diaryl/α,β-unsaturated/α-hetero) is 1. The number of benzene rings is 2. The molecule has 0 radical (unpaired) electrons. The normalized spacial score (nSPS) is 20.6. The number of nitrogens with one attached hydrogen (secondary N) is 1. The van der Waals surface area contributed by atoms with Gasteiger partial charge in [-0.25, -0.2) is 9.59 Å². The molecule has 248 valence electrons. The third kappa shape index (κ3) is 7.19. The summed E-state index contributed by atoms with van der Waals surface area (Å²) in [5.74, 6) is -0.638. The molecule has 1 aliphatic rings. The first-order chi connectivity index (χ1) is 21.7. The molecule has 0 saturated carbocycles. The van der Waals surface area contributed by atoms with Gasteiger partial charge in [0.15, 0.2) is 18.0 Å². The van der Waals surface area contributed by atoms with Crippen molar-refractivity contribution in [3.05, 3.63) is 74.7 Å². The van der Waals surface area contributed by atoms with E-state index in [2.05, 4.69) is 5.32 Å². The first-order valence-corrected chi connectivity index (χ1v) is 14.9. The van der Waals surface area contributed by atoms with Crippen LogP contribution in [0.1, 0.15) is 61.7 Å². The molecule has 0 spiro atoms. The van der Waals surface area contributed by atoms with E-state index in [-0.39, 0.29) is 33.6 Å². The highest BCUT2D eigenvalue weighted by Gasteiger charge is 2.53. The number of aliphatic hydroxyl groups excluding tert-OH is 1. The summed E-state index contributed by atoms with van der Waals surface area (Å²) < 4.78 is 28.6. The number of aliphatic hydroxyl groups is 1. The molecule has 0 bridgehead atoms. The van der Waals surface area contributed by atoms with E-state index in [0.29, 0.717) is 24.1 Å². The van der Waals surface area contributed by atoms with E-state index in [1.165, 1.54) is 31.4 Å². The Morgan fingerprint density at radius 2 is 1.85 bits per heavy atom. The number of alkyl carbamates (subject to hydrolysis) is 1. The lowest BCUT2D eigenvalue weighted by Gasteiger charge is -2.47. The smallest absolute Gasteiger partial charge is 0.407 e. The van der Waals surface area contributed by atoms with Crippen LogP contribution in [0.5, 0.6) is 17.2 Å². The average molecular weight is 640 g/mol. The van der Waals surface area contributed by atoms with Crippen molar-refractivity contribution in [3.63, 3.8) is 0 Å². The number of hydrogen-bond acceptors (Lipinski definition) is 11. The van der Waals surface area contributed by atoms with Crippen molar-refractivity contribution in [2.75, 3.05) is 13.7 Å². The van der Waals surface area contributed by atoms with E-state index < -0.39 is 59.9 Å². The van der Waals surface area contributed by atoms with Gasteiger partial charge in [-0.3, -0.25) is 4.79 Å². The molecule has 12 nitrogen and oxygen atoms in total. The van der Waals surface area contributed by atoms with E-state index in [9.17, 15) is 29.7 Å². The topological polar surface area (TPSA) is 174 Å². The average Bonchev–Trinajstić information content (AvgIpc) is 2.98. The van der Waals surface area contributed by atoms with Crippen LogP contribution in [0.25, 0.3) is 11.0 Å². The number of aromatic hydroxyl groups is 2. The zero-order valence-corrected chi connectivity index (χ0v) is 27.0. The maximum atomic E-state index is 13.2. The highest BCUT2D eigenvalue weighted by molar-refractivity contribution is 5.99. The minimum absolute atomic E-state index is 0.0132. The molecule has 1 saturated heterocycles. The Morgan fingerprint density at radius 3 is 2.50 bits per heavy atom. The fourth-order valence-corrected chi connectivity index (χ4v) is 5.43. The molecule has 4 rings (SSSR count). The van der Waals surface area contributed by atoms with Crippen molar-refractivity contribution in [3.8, 4) is 17.2 Å². The number of ketones is 1. The predicted molar refractivity (Wildman–Crippen MR) is 168 cm³/mol. The molecule has 12 heteroatoms. The Bertz CT molecular complexity index is 1700. The van der Waals surface area contributed by atoms with Gasteiger partial charge in [0.2, 0.25) is 6.29 Å². The minimum atomic E-state index is -1.47. The molecule has 2 aromatic carbocycles. The Labute approximate surface area is 266 Å². The van der Waals surface area contributed by atoms with Gasteiger partial charge in [-0.1, -0.05) is 11.6 Å². The summed E-state index contributed by atoms with van der Waals surface area (Å²) >= 11 is 0. The third-order valence-electron chi connectivity index (χ3n) is 7.89. The number of carbonyl (C=O) groups excluding carboxylic acids is 2. The summed E-state index contributed by atoms with van der Waals surface area (Å²) in [5, 5.41) is 35.1. The lowest BCUT2D eigenvalue weighted by atomic mass is 9.89. The number of methoxy groups -OCH3 is 1. The highest BCUT2D eigenvalue weighted by atomic mass is 16.7. The summed E-state index contributed by atoms with van der Waals surface area (Å²) in [5.41, 5.74) is 0.0287. The van der Waals surface area contributed by atoms with Crippen LogP contribution >= 0.6 is 0 Å². The number of phenolic OH excluding ortho intramolecular Hbond substituents is 1. The number of aryl methyl sites for hydroxylation is 1. The second-order valence-electron chi connectivity index (χ2n) is 12.0. The van der Waals surface area contributed by atoms with Crippen molar-refractivity contribution in [2.24, 2.45) is 0 Å². The molecular weight excluding hydrogens is 598 g/mol. The Morgan fingerprint density at radius 1 is 1.13 bits per heavy atom. The summed E-state index contributed by atoms with van der Waals surface area (Å²) in [6.45, 7) is 10.9. The minimum Gasteiger partial charge on any atom is -0.508 e. The van der Waals surface area contributed by atoms with Crippen molar-refractivity contribution >= 4 is 22.8 Å². The fraction of sp³-hybridized carbons (Fsp3) is 0.441. The van der Waals surface area contributed by atoms with Gasteiger partial charge in [0.1, 0.15) is 28.9 Å². The van der Waals surface area contributed by atoms with Crippen LogP contribution in [-0.2, 0) is 27.1 Å². The SMILES string of the molecule is CCNC(=O)O[C@H]1[C@@H](O)[C@H](Oc2ccc3c(O)c(CC(=O)c4ccc(O)c(CC=C(C)C)c4)c(=O)oc3c2C)OC(C)(C)[C@@H]1OC. The maximum Gasteiger partial charge on any atom is 0.407 e. The molecule has 4 N–H and O–H groups in total. The van der Waals surface area contributed by atoms with Crippen molar-refractivity contribution in [2.45, 2.75) is 84.6 Å². The number of carbonyl (C=O) groups is 2. The van der Waals surface area contributed by atoms with Gasteiger partial charge in [-0.15, -0.1) is 0 Å². The quantitative estimate of drug-likeness (QED) is 0.140. The first-order valence-electron chi connectivity index (χ1n) is 14.9. The van der Waals surface area contributed by atoms with Crippen LogP contribution in [-0.4, -0.2) is 71.1 Å². The second kappa shape index (κ2) is 13.9. The Hall–Kier alpha value is -4.39. The molecule has 46 heavy (non-hydrogen) atoms. The molecule has 3 aromatic rings. The monoisotopic (exact) mass is 639 g/mol. The number of fused-ring (bicyclic) bond motifs is 1. The lowest BCUT2D eigenvalue weighted by Crippen LogP contribution is -2.65. The van der Waals surface area contributed by atoms with E-state index in [1.807, 2.05) is 19.9 Å². The van der Waals surface area contributed by atoms with Crippen molar-refractivity contribution in [1.82, 2.24) is 5.32 Å². The van der Waals surface area contributed by atoms with Crippen LogP contribution in [0.15, 0.2) is 51.2 Å². The lowest BCUT2D eigenvalue weighted by molar-refractivity contribution is -0.305. The van der Waals surface area contributed by atoms with Crippen LogP contribution in [0.4, 0.5) is 4.79 Å². The van der Waals surface area contributed by atoms with E-state index >= 15 is 0 Å². The maximum absolute atomic E-state index is 13.2. The molecule has 1 amide bonds. The van der Waals surface area contributed by atoms with E-state index in [0.717, 1.165) is 5.57 Å². The number of hydrogen-bond donors (Lipinski definition) is 4.